The third kappa shape index (κ3) is 1.54. The fourth-order valence-electron chi connectivity index (χ4n) is 2.55. The van der Waals surface area contributed by atoms with Gasteiger partial charge in [0.2, 0.25) is 0 Å². The summed E-state index contributed by atoms with van der Waals surface area (Å²) in [5.41, 5.74) is 3.13. The molecule has 0 bridgehead atoms. The van der Waals surface area contributed by atoms with E-state index in [4.69, 9.17) is 4.74 Å². The molecule has 0 atom stereocenters. The Morgan fingerprint density at radius 3 is 3.20 bits per heavy atom. The largest absolute Gasteiger partial charge is 0.494 e. The van der Waals surface area contributed by atoms with Crippen LogP contribution in [-0.2, 0) is 6.54 Å². The second kappa shape index (κ2) is 4.19. The zero-order valence-corrected chi connectivity index (χ0v) is 11.0. The fraction of sp³-hybridized carbons (Fsp3) is 0.214. The number of rotatable bonds is 2. The zero-order valence-electron chi connectivity index (χ0n) is 11.0. The number of hydrogen-bond acceptors (Lipinski definition) is 4. The molecule has 1 aliphatic rings. The highest BCUT2D eigenvalue weighted by atomic mass is 16.5. The van der Waals surface area contributed by atoms with Crippen LogP contribution >= 0.6 is 0 Å². The number of hydrogen-bond donors (Lipinski definition) is 0. The molecule has 0 saturated carbocycles. The van der Waals surface area contributed by atoms with Gasteiger partial charge in [-0.1, -0.05) is 0 Å². The summed E-state index contributed by atoms with van der Waals surface area (Å²) in [6.45, 7) is 3.28. The molecule has 6 nitrogen and oxygen atoms in total. The SMILES string of the molecule is CCOc1ccc2c(c1)-n1cncc1Cn1ncnc1-2. The molecule has 4 rings (SSSR count). The highest BCUT2D eigenvalue weighted by Crippen LogP contribution is 2.32. The number of nitrogens with zero attached hydrogens (tertiary/aromatic N) is 5. The monoisotopic (exact) mass is 267 g/mol. The molecule has 3 aromatic rings. The van der Waals surface area contributed by atoms with Gasteiger partial charge in [-0.3, -0.25) is 0 Å². The lowest BCUT2D eigenvalue weighted by molar-refractivity contribution is 0.340. The maximum atomic E-state index is 5.60. The molecular weight excluding hydrogens is 254 g/mol. The van der Waals surface area contributed by atoms with E-state index in [1.807, 2.05) is 42.3 Å². The van der Waals surface area contributed by atoms with Crippen LogP contribution < -0.4 is 4.74 Å². The summed E-state index contributed by atoms with van der Waals surface area (Å²) in [6.07, 6.45) is 5.26. The van der Waals surface area contributed by atoms with Gasteiger partial charge in [0, 0.05) is 11.6 Å². The molecule has 3 heterocycles. The first-order valence-corrected chi connectivity index (χ1v) is 6.53. The van der Waals surface area contributed by atoms with Crippen molar-refractivity contribution in [1.82, 2.24) is 24.3 Å². The van der Waals surface area contributed by atoms with Gasteiger partial charge in [-0.05, 0) is 19.1 Å². The molecule has 2 aromatic heterocycles. The van der Waals surface area contributed by atoms with Crippen LogP contribution in [0.2, 0.25) is 0 Å². The van der Waals surface area contributed by atoms with Gasteiger partial charge in [-0.2, -0.15) is 5.10 Å². The molecule has 1 aliphatic heterocycles. The van der Waals surface area contributed by atoms with Crippen molar-refractivity contribution in [1.29, 1.82) is 0 Å². The van der Waals surface area contributed by atoms with Gasteiger partial charge in [0.25, 0.3) is 0 Å². The van der Waals surface area contributed by atoms with Crippen LogP contribution in [0, 0.1) is 0 Å². The van der Waals surface area contributed by atoms with Gasteiger partial charge in [-0.15, -0.1) is 0 Å². The molecule has 0 N–H and O–H groups in total. The summed E-state index contributed by atoms with van der Waals surface area (Å²) in [6, 6.07) is 6.01. The summed E-state index contributed by atoms with van der Waals surface area (Å²) < 4.78 is 9.55. The van der Waals surface area contributed by atoms with Gasteiger partial charge in [0.15, 0.2) is 5.82 Å². The predicted molar refractivity (Wildman–Crippen MR) is 72.9 cm³/mol. The molecule has 20 heavy (non-hydrogen) atoms. The summed E-state index contributed by atoms with van der Waals surface area (Å²) in [7, 11) is 0. The average Bonchev–Trinajstić information content (AvgIpc) is 3.07. The lowest BCUT2D eigenvalue weighted by Gasteiger charge is -2.11. The number of fused-ring (bicyclic) bond motifs is 5. The quantitative estimate of drug-likeness (QED) is 0.556. The minimum atomic E-state index is 0.645. The fourth-order valence-corrected chi connectivity index (χ4v) is 2.55. The Morgan fingerprint density at radius 1 is 1.35 bits per heavy atom. The second-order valence-electron chi connectivity index (χ2n) is 4.61. The Bertz CT molecular complexity index is 773. The molecular formula is C14H13N5O. The van der Waals surface area contributed by atoms with E-state index < -0.39 is 0 Å². The molecule has 0 amide bonds. The normalized spacial score (nSPS) is 12.2. The number of aromatic nitrogens is 5. The lowest BCUT2D eigenvalue weighted by atomic mass is 10.1. The van der Waals surface area contributed by atoms with Crippen molar-refractivity contribution in [3.8, 4) is 22.8 Å². The Balaban J connectivity index is 2.00. The smallest absolute Gasteiger partial charge is 0.160 e. The first kappa shape index (κ1) is 11.2. The number of imidazole rings is 1. The van der Waals surface area contributed by atoms with Crippen LogP contribution in [0.4, 0.5) is 0 Å². The highest BCUT2D eigenvalue weighted by Gasteiger charge is 2.20. The summed E-state index contributed by atoms with van der Waals surface area (Å²) in [5.74, 6) is 1.71. The molecule has 0 spiro atoms. The maximum absolute atomic E-state index is 5.60. The van der Waals surface area contributed by atoms with E-state index in [9.17, 15) is 0 Å². The van der Waals surface area contributed by atoms with E-state index in [0.717, 1.165) is 28.5 Å². The third-order valence-electron chi connectivity index (χ3n) is 3.42. The van der Waals surface area contributed by atoms with Crippen LogP contribution in [-0.4, -0.2) is 30.9 Å². The molecule has 1 aromatic carbocycles. The standard InChI is InChI=1S/C14H13N5O/c1-2-20-11-3-4-12-13(5-11)18-9-15-6-10(18)7-19-14(12)16-8-17-19/h3-6,8-9H,2,7H2,1H3. The molecule has 6 heteroatoms. The predicted octanol–water partition coefficient (Wildman–Crippen LogP) is 1.89. The van der Waals surface area contributed by atoms with Crippen molar-refractivity contribution < 1.29 is 4.74 Å². The number of benzene rings is 1. The number of ether oxygens (including phenoxy) is 1. The Kier molecular flexibility index (Phi) is 2.35. The van der Waals surface area contributed by atoms with Crippen LogP contribution in [0.1, 0.15) is 12.6 Å². The van der Waals surface area contributed by atoms with Crippen molar-refractivity contribution in [2.24, 2.45) is 0 Å². The molecule has 0 unspecified atom stereocenters. The van der Waals surface area contributed by atoms with E-state index >= 15 is 0 Å². The van der Waals surface area contributed by atoms with Gasteiger partial charge in [0.05, 0.1) is 37.1 Å². The van der Waals surface area contributed by atoms with E-state index in [1.54, 1.807) is 6.33 Å². The Morgan fingerprint density at radius 2 is 2.30 bits per heavy atom. The first-order chi connectivity index (χ1) is 9.86. The highest BCUT2D eigenvalue weighted by molar-refractivity contribution is 5.70. The summed E-state index contributed by atoms with van der Waals surface area (Å²) in [4.78, 5) is 8.61. The van der Waals surface area contributed by atoms with Crippen LogP contribution in [0.25, 0.3) is 17.1 Å². The van der Waals surface area contributed by atoms with Crippen molar-refractivity contribution >= 4 is 0 Å². The van der Waals surface area contributed by atoms with Crippen LogP contribution in [0.3, 0.4) is 0 Å². The lowest BCUT2D eigenvalue weighted by Crippen LogP contribution is -2.03. The minimum Gasteiger partial charge on any atom is -0.494 e. The van der Waals surface area contributed by atoms with Crippen molar-refractivity contribution in [2.45, 2.75) is 13.5 Å². The molecule has 0 aliphatic carbocycles. The Labute approximate surface area is 115 Å². The summed E-state index contributed by atoms with van der Waals surface area (Å²) >= 11 is 0. The van der Waals surface area contributed by atoms with E-state index in [2.05, 4.69) is 19.6 Å². The van der Waals surface area contributed by atoms with Crippen LogP contribution in [0.5, 0.6) is 5.75 Å². The molecule has 0 saturated heterocycles. The van der Waals surface area contributed by atoms with Gasteiger partial charge < -0.3 is 9.30 Å². The Hall–Kier alpha value is -2.63. The minimum absolute atomic E-state index is 0.645. The zero-order chi connectivity index (χ0) is 13.5. The van der Waals surface area contributed by atoms with Crippen molar-refractivity contribution in [3.63, 3.8) is 0 Å². The van der Waals surface area contributed by atoms with Crippen LogP contribution in [0.15, 0.2) is 37.1 Å². The third-order valence-corrected chi connectivity index (χ3v) is 3.42. The maximum Gasteiger partial charge on any atom is 0.160 e. The van der Waals surface area contributed by atoms with Crippen molar-refractivity contribution in [2.75, 3.05) is 6.61 Å². The molecule has 0 radical (unpaired) electrons. The van der Waals surface area contributed by atoms with Crippen molar-refractivity contribution in [3.05, 3.63) is 42.7 Å². The van der Waals surface area contributed by atoms with E-state index in [-0.39, 0.29) is 0 Å². The molecule has 0 fully saturated rings. The summed E-state index contributed by atoms with van der Waals surface area (Å²) in [5, 5.41) is 4.29. The van der Waals surface area contributed by atoms with E-state index in [0.29, 0.717) is 13.2 Å². The molecule has 100 valence electrons. The topological polar surface area (TPSA) is 57.8 Å². The second-order valence-corrected chi connectivity index (χ2v) is 4.61. The van der Waals surface area contributed by atoms with Gasteiger partial charge in [-0.25, -0.2) is 14.6 Å². The van der Waals surface area contributed by atoms with Gasteiger partial charge in [0.1, 0.15) is 12.1 Å². The first-order valence-electron chi connectivity index (χ1n) is 6.53. The van der Waals surface area contributed by atoms with E-state index in [1.165, 1.54) is 0 Å². The van der Waals surface area contributed by atoms with Gasteiger partial charge >= 0.3 is 0 Å². The average molecular weight is 267 g/mol.